The number of rotatable bonds is 0. The van der Waals surface area contributed by atoms with E-state index in [0.717, 1.165) is 17.8 Å². The molecular weight excluding hydrogens is 136 g/mol. The highest BCUT2D eigenvalue weighted by atomic mass is 14.9. The van der Waals surface area contributed by atoms with Crippen LogP contribution in [0.1, 0.15) is 11.1 Å². The van der Waals surface area contributed by atoms with Crippen LogP contribution in [0, 0.1) is 10.4 Å². The summed E-state index contributed by atoms with van der Waals surface area (Å²) in [5.41, 5.74) is 5.18. The number of fused-ring (bicyclic) bond motifs is 1. The van der Waals surface area contributed by atoms with Crippen LogP contribution in [0.4, 0.5) is 0 Å². The Morgan fingerprint density at radius 2 is 2.09 bits per heavy atom. The Balaban J connectivity index is 2.54. The van der Waals surface area contributed by atoms with Crippen LogP contribution in [0.3, 0.4) is 0 Å². The highest BCUT2D eigenvalue weighted by Crippen LogP contribution is 2.41. The molecule has 0 atom stereocenters. The van der Waals surface area contributed by atoms with Crippen molar-refractivity contribution in [3.05, 3.63) is 34.0 Å². The highest BCUT2D eigenvalue weighted by Gasteiger charge is 2.29. The molecule has 2 heteroatoms. The number of aromatic nitrogens is 2. The van der Waals surface area contributed by atoms with Gasteiger partial charge in [-0.15, -0.1) is 0 Å². The highest BCUT2D eigenvalue weighted by molar-refractivity contribution is 5.73. The second-order valence-corrected chi connectivity index (χ2v) is 3.18. The van der Waals surface area contributed by atoms with Crippen molar-refractivity contribution in [2.75, 3.05) is 0 Å². The fraction of sp³-hybridized carbons (Fsp3) is 0.111. The quantitative estimate of drug-likeness (QED) is 0.365. The van der Waals surface area contributed by atoms with Gasteiger partial charge in [0.2, 0.25) is 0 Å². The number of nitrogens with zero attached hydrogens (tertiary/aromatic N) is 2. The van der Waals surface area contributed by atoms with Crippen LogP contribution in [0.25, 0.3) is 11.4 Å². The zero-order chi connectivity index (χ0) is 7.00. The van der Waals surface area contributed by atoms with Gasteiger partial charge in [-0.2, -0.15) is 0 Å². The minimum Gasteiger partial charge on any atom is -0.234 e. The van der Waals surface area contributed by atoms with Gasteiger partial charge in [-0.3, -0.25) is 0 Å². The minimum atomic E-state index is 1.12. The van der Waals surface area contributed by atoms with Gasteiger partial charge in [-0.1, -0.05) is 0 Å². The third kappa shape index (κ3) is 0.276. The van der Waals surface area contributed by atoms with Gasteiger partial charge in [0.05, 0.1) is 11.4 Å². The van der Waals surface area contributed by atoms with Crippen molar-refractivity contribution >= 4 is 0 Å². The molecule has 50 valence electrons. The first-order chi connectivity index (χ1) is 5.45. The summed E-state index contributed by atoms with van der Waals surface area (Å²) in [4.78, 5) is 8.46. The van der Waals surface area contributed by atoms with Crippen molar-refractivity contribution in [1.29, 1.82) is 0 Å². The van der Waals surface area contributed by atoms with Crippen LogP contribution in [-0.2, 0) is 6.42 Å². The van der Waals surface area contributed by atoms with Gasteiger partial charge < -0.3 is 0 Å². The van der Waals surface area contributed by atoms with Gasteiger partial charge >= 0.3 is 0 Å². The van der Waals surface area contributed by atoms with Crippen molar-refractivity contribution in [2.45, 2.75) is 6.42 Å². The van der Waals surface area contributed by atoms with Crippen LogP contribution in [-0.4, -0.2) is 9.97 Å². The minimum absolute atomic E-state index is 1.12. The Morgan fingerprint density at radius 3 is 3.09 bits per heavy atom. The molecule has 5 rings (SSSR count). The average molecular weight is 140 g/mol. The lowest BCUT2D eigenvalue weighted by Crippen LogP contribution is -1.89. The molecule has 0 unspecified atom stereocenters. The number of hydrogen-bond donors (Lipinski definition) is 0. The summed E-state index contributed by atoms with van der Waals surface area (Å²) in [5, 5.41) is 2.82. The van der Waals surface area contributed by atoms with Crippen molar-refractivity contribution in [1.82, 2.24) is 9.97 Å². The first-order valence-electron chi connectivity index (χ1n) is 3.75. The van der Waals surface area contributed by atoms with Crippen LogP contribution < -0.4 is 0 Å². The molecule has 5 aliphatic rings. The lowest BCUT2D eigenvalue weighted by molar-refractivity contribution is 1.22. The maximum atomic E-state index is 4.23. The molecule has 0 fully saturated rings. The van der Waals surface area contributed by atoms with Crippen LogP contribution in [0.5, 0.6) is 0 Å². The van der Waals surface area contributed by atoms with Crippen LogP contribution >= 0.6 is 0 Å². The average Bonchev–Trinajstić information content (AvgIpc) is 2.52. The van der Waals surface area contributed by atoms with Crippen LogP contribution in [0.15, 0.2) is 12.4 Å². The molecule has 0 aromatic heterocycles. The first kappa shape index (κ1) is 4.44. The van der Waals surface area contributed by atoms with E-state index in [4.69, 9.17) is 0 Å². The molecule has 0 spiro atoms. The van der Waals surface area contributed by atoms with Crippen molar-refractivity contribution < 1.29 is 0 Å². The van der Waals surface area contributed by atoms with E-state index in [1.54, 1.807) is 6.33 Å². The van der Waals surface area contributed by atoms with Gasteiger partial charge in [-0.05, 0) is 22.4 Å². The Kier molecular flexibility index (Phi) is 0.425. The van der Waals surface area contributed by atoms with E-state index in [2.05, 4.69) is 16.0 Å². The first-order valence-corrected chi connectivity index (χ1v) is 3.75. The molecule has 0 N–H and O–H groups in total. The van der Waals surface area contributed by atoms with E-state index in [9.17, 15) is 0 Å². The van der Waals surface area contributed by atoms with E-state index in [0.29, 0.717) is 0 Å². The molecule has 4 aliphatic carbocycles. The molecule has 1 heterocycles. The molecule has 0 radical (unpaired) electrons. The van der Waals surface area contributed by atoms with Crippen molar-refractivity contribution in [2.24, 2.45) is 0 Å². The fourth-order valence-corrected chi connectivity index (χ4v) is 2.24. The third-order valence-electron chi connectivity index (χ3n) is 2.72. The zero-order valence-corrected chi connectivity index (χ0v) is 5.76. The van der Waals surface area contributed by atoms with Crippen LogP contribution in [0.2, 0.25) is 0 Å². The largest absolute Gasteiger partial charge is 0.234 e. The van der Waals surface area contributed by atoms with E-state index in [1.807, 2.05) is 0 Å². The molecule has 11 heavy (non-hydrogen) atoms. The predicted molar refractivity (Wildman–Crippen MR) is 39.1 cm³/mol. The molecule has 0 amide bonds. The van der Waals surface area contributed by atoms with Gasteiger partial charge in [-0.25, -0.2) is 9.97 Å². The lowest BCUT2D eigenvalue weighted by atomic mass is 10.1. The summed E-state index contributed by atoms with van der Waals surface area (Å²) in [5.74, 6) is 0. The van der Waals surface area contributed by atoms with E-state index in [-0.39, 0.29) is 0 Å². The summed E-state index contributed by atoms with van der Waals surface area (Å²) in [6.45, 7) is 0. The molecule has 0 saturated heterocycles. The van der Waals surface area contributed by atoms with E-state index in [1.165, 1.54) is 21.6 Å². The fourth-order valence-electron chi connectivity index (χ4n) is 2.24. The summed E-state index contributed by atoms with van der Waals surface area (Å²) in [7, 11) is 0. The lowest BCUT2D eigenvalue weighted by Gasteiger charge is -1.99. The number of imidazole rings is 1. The van der Waals surface area contributed by atoms with Gasteiger partial charge in [0.1, 0.15) is 6.33 Å². The summed E-state index contributed by atoms with van der Waals surface area (Å²) in [6, 6.07) is 2.26. The maximum absolute atomic E-state index is 4.23. The van der Waals surface area contributed by atoms with E-state index < -0.39 is 0 Å². The summed E-state index contributed by atoms with van der Waals surface area (Å²) in [6.07, 6.45) is 2.78. The Labute approximate surface area is 62.6 Å². The van der Waals surface area contributed by atoms with Crippen molar-refractivity contribution in [3.63, 3.8) is 0 Å². The second kappa shape index (κ2) is 1.05. The Morgan fingerprint density at radius 1 is 1.18 bits per heavy atom. The molecule has 0 aromatic rings. The standard InChI is InChI=1S/C9H4N2/c1-4-2-6-5(1)7(4)9-8(6)10-3-11-9/h1,3H,2H2. The Bertz CT molecular complexity index is 557. The van der Waals surface area contributed by atoms with Gasteiger partial charge in [0.15, 0.2) is 0 Å². The normalized spacial score (nSPS) is 14.9. The van der Waals surface area contributed by atoms with Gasteiger partial charge in [0, 0.05) is 11.6 Å². The second-order valence-electron chi connectivity index (χ2n) is 3.18. The molecule has 2 nitrogen and oxygen atoms in total. The smallest absolute Gasteiger partial charge is 0.116 e. The van der Waals surface area contributed by atoms with Gasteiger partial charge in [0.25, 0.3) is 0 Å². The summed E-state index contributed by atoms with van der Waals surface area (Å²) >= 11 is 0. The molecule has 4 bridgehead atoms. The number of hydrogen-bond acceptors (Lipinski definition) is 2. The van der Waals surface area contributed by atoms with Crippen molar-refractivity contribution in [3.8, 4) is 11.4 Å². The Hall–Kier alpha value is -1.44. The molecule has 0 aromatic carbocycles. The SMILES string of the molecule is c1nc2c3c4cc(c=4c-2n1)C3. The predicted octanol–water partition coefficient (Wildman–Crippen LogP) is 1.09. The molecule has 1 aliphatic heterocycles. The zero-order valence-electron chi connectivity index (χ0n) is 5.76. The maximum Gasteiger partial charge on any atom is 0.116 e. The molecular formula is C9H4N2. The van der Waals surface area contributed by atoms with E-state index >= 15 is 0 Å². The third-order valence-corrected chi connectivity index (χ3v) is 2.72. The summed E-state index contributed by atoms with van der Waals surface area (Å²) < 4.78 is 0. The molecule has 0 saturated carbocycles. The monoisotopic (exact) mass is 140 g/mol. The topological polar surface area (TPSA) is 25.8 Å².